The van der Waals surface area contributed by atoms with Gasteiger partial charge in [-0.05, 0) is 86.1 Å². The molecule has 2 heterocycles. The highest BCUT2D eigenvalue weighted by atomic mass is 19.4. The van der Waals surface area contributed by atoms with Gasteiger partial charge in [0.1, 0.15) is 0 Å². The maximum Gasteiger partial charge on any atom is 0.416 e. The first kappa shape index (κ1) is 37.3. The Morgan fingerprint density at radius 2 is 1.50 bits per heavy atom. The van der Waals surface area contributed by atoms with E-state index in [1.165, 1.54) is 24.1 Å². The van der Waals surface area contributed by atoms with Crippen LogP contribution in [-0.4, -0.2) is 51.2 Å². The largest absolute Gasteiger partial charge is 0.425 e. The molecular formula is C33H40F8N8O. The van der Waals surface area contributed by atoms with Crippen molar-refractivity contribution in [2.45, 2.75) is 95.2 Å². The molecule has 0 radical (unpaired) electrons. The highest BCUT2D eigenvalue weighted by Crippen LogP contribution is 2.40. The smallest absolute Gasteiger partial charge is 0.416 e. The Balaban J connectivity index is 1.44. The fourth-order valence-electron chi connectivity index (χ4n) is 6.57. The molecule has 0 spiro atoms. The van der Waals surface area contributed by atoms with Crippen LogP contribution in [0.1, 0.15) is 115 Å². The van der Waals surface area contributed by atoms with E-state index >= 15 is 0 Å². The summed E-state index contributed by atoms with van der Waals surface area (Å²) in [7, 11) is 1.32. The van der Waals surface area contributed by atoms with Gasteiger partial charge in [0, 0.05) is 43.6 Å². The summed E-state index contributed by atoms with van der Waals surface area (Å²) in [6.07, 6.45) is -7.74. The minimum atomic E-state index is -5.07. The maximum absolute atomic E-state index is 14.0. The van der Waals surface area contributed by atoms with Gasteiger partial charge in [0.15, 0.2) is 0 Å². The average Bonchev–Trinajstić information content (AvgIpc) is 3.49. The second kappa shape index (κ2) is 15.1. The molecule has 1 saturated heterocycles. The first-order valence-electron chi connectivity index (χ1n) is 16.4. The van der Waals surface area contributed by atoms with Gasteiger partial charge in [-0.1, -0.05) is 25.5 Å². The number of nitrogens with zero attached hydrogens (tertiary/aromatic N) is 6. The van der Waals surface area contributed by atoms with Crippen LogP contribution in [0.3, 0.4) is 0 Å². The summed E-state index contributed by atoms with van der Waals surface area (Å²) in [6, 6.07) is 5.16. The molecule has 50 heavy (non-hydrogen) atoms. The summed E-state index contributed by atoms with van der Waals surface area (Å²) in [4.78, 5) is 3.43. The Bertz CT molecular complexity index is 1600. The Morgan fingerprint density at radius 1 is 0.920 bits per heavy atom. The molecule has 1 saturated carbocycles. The first-order valence-corrected chi connectivity index (χ1v) is 16.4. The van der Waals surface area contributed by atoms with E-state index in [0.717, 1.165) is 37.2 Å². The summed E-state index contributed by atoms with van der Waals surface area (Å²) in [5.41, 5.74) is 3.56. The Morgan fingerprint density at radius 3 is 1.98 bits per heavy atom. The molecule has 2 aromatic carbocycles. The highest BCUT2D eigenvalue weighted by molar-refractivity contribution is 5.78. The molecule has 9 nitrogen and oxygen atoms in total. The quantitative estimate of drug-likeness (QED) is 0.0684. The van der Waals surface area contributed by atoms with Gasteiger partial charge in [0.25, 0.3) is 6.43 Å². The van der Waals surface area contributed by atoms with Crippen LogP contribution in [0.25, 0.3) is 0 Å². The molecule has 2 aliphatic rings. The zero-order chi connectivity index (χ0) is 36.4. The molecule has 0 amide bonds. The second-order valence-electron chi connectivity index (χ2n) is 12.9. The number of nitrogens with two attached hydrogens (primary N) is 2. The van der Waals surface area contributed by atoms with E-state index in [9.17, 15) is 35.1 Å². The predicted octanol–water partition coefficient (Wildman–Crippen LogP) is 7.68. The Kier molecular flexibility index (Phi) is 11.2. The number of hydrogen-bond acceptors (Lipinski definition) is 7. The van der Waals surface area contributed by atoms with E-state index in [2.05, 4.69) is 20.2 Å². The van der Waals surface area contributed by atoms with Crippen molar-refractivity contribution in [2.75, 3.05) is 20.1 Å². The Hall–Kier alpha value is -3.99. The zero-order valence-electron chi connectivity index (χ0n) is 27.6. The van der Waals surface area contributed by atoms with Gasteiger partial charge in [0.05, 0.1) is 11.1 Å². The van der Waals surface area contributed by atoms with E-state index in [1.807, 2.05) is 6.92 Å². The van der Waals surface area contributed by atoms with Crippen molar-refractivity contribution in [3.63, 3.8) is 0 Å². The summed E-state index contributed by atoms with van der Waals surface area (Å²) < 4.78 is 116. The van der Waals surface area contributed by atoms with Gasteiger partial charge >= 0.3 is 12.4 Å². The average molecular weight is 717 g/mol. The minimum absolute atomic E-state index is 0.0317. The molecule has 3 aromatic rings. The molecule has 1 aromatic heterocycles. The SMILES string of the molecule is CCC(c1ccc(C(F)F)cc1CN(Cc1cc(C(F)(F)F)cc(C(F)(F)F)c1)/C(N)=N/N(C)N)N1CCC(c2nnc(C3CCC3)o2)CC1. The number of guanidine groups is 1. The summed E-state index contributed by atoms with van der Waals surface area (Å²) in [5, 5.41) is 13.3. The van der Waals surface area contributed by atoms with E-state index in [0.29, 0.717) is 60.5 Å². The Labute approximate surface area is 284 Å². The van der Waals surface area contributed by atoms with Gasteiger partial charge in [-0.3, -0.25) is 4.90 Å². The number of alkyl halides is 8. The van der Waals surface area contributed by atoms with Gasteiger partial charge < -0.3 is 15.1 Å². The fourth-order valence-corrected chi connectivity index (χ4v) is 6.57. The third-order valence-corrected chi connectivity index (χ3v) is 9.36. The molecular weight excluding hydrogens is 676 g/mol. The van der Waals surface area contributed by atoms with Crippen LogP contribution >= 0.6 is 0 Å². The van der Waals surface area contributed by atoms with E-state index in [4.69, 9.17) is 16.0 Å². The normalized spacial score (nSPS) is 17.6. The lowest BCUT2D eigenvalue weighted by Gasteiger charge is -2.38. The van der Waals surface area contributed by atoms with Crippen molar-refractivity contribution in [3.8, 4) is 0 Å². The van der Waals surface area contributed by atoms with Crippen molar-refractivity contribution < 1.29 is 39.5 Å². The molecule has 5 rings (SSSR count). The lowest BCUT2D eigenvalue weighted by atomic mass is 9.85. The number of benzene rings is 2. The van der Waals surface area contributed by atoms with E-state index in [-0.39, 0.29) is 41.7 Å². The third-order valence-electron chi connectivity index (χ3n) is 9.36. The fraction of sp³-hybridized carbons (Fsp3) is 0.545. The van der Waals surface area contributed by atoms with Crippen LogP contribution in [-0.2, 0) is 25.4 Å². The molecule has 274 valence electrons. The van der Waals surface area contributed by atoms with E-state index < -0.39 is 36.4 Å². The monoisotopic (exact) mass is 716 g/mol. The van der Waals surface area contributed by atoms with Crippen molar-refractivity contribution >= 4 is 5.96 Å². The number of hydrazine groups is 1. The summed E-state index contributed by atoms with van der Waals surface area (Å²) in [5.74, 6) is 6.97. The first-order chi connectivity index (χ1) is 23.5. The topological polar surface area (TPSA) is 113 Å². The van der Waals surface area contributed by atoms with Gasteiger partial charge in [0.2, 0.25) is 17.7 Å². The van der Waals surface area contributed by atoms with Crippen molar-refractivity contribution in [1.82, 2.24) is 25.1 Å². The van der Waals surface area contributed by atoms with Crippen molar-refractivity contribution in [1.29, 1.82) is 0 Å². The third kappa shape index (κ3) is 8.83. The van der Waals surface area contributed by atoms with Crippen LogP contribution in [0.4, 0.5) is 35.1 Å². The standard InChI is InChI=1S/C33H40F8N8O/c1-3-27(48-11-9-21(10-12-48)30-45-44-29(50-30)20-5-4-6-20)26-8-7-22(28(34)35)15-23(26)18-49(31(42)46-47(2)43)17-19-13-24(32(36,37)38)16-25(14-19)33(39,40)41/h7-8,13-16,20-21,27-28H,3-6,9-12,17-18,43H2,1-2H3,(H2,42,46). The number of halogens is 8. The second-order valence-corrected chi connectivity index (χ2v) is 12.9. The van der Waals surface area contributed by atoms with Gasteiger partial charge in [-0.2, -0.15) is 26.3 Å². The van der Waals surface area contributed by atoms with Crippen LogP contribution in [0.15, 0.2) is 45.9 Å². The number of piperidine rings is 1. The maximum atomic E-state index is 14.0. The molecule has 1 aliphatic carbocycles. The molecule has 2 fully saturated rings. The zero-order valence-corrected chi connectivity index (χ0v) is 27.6. The number of hydrogen-bond donors (Lipinski definition) is 2. The summed E-state index contributed by atoms with van der Waals surface area (Å²) in [6.45, 7) is 2.38. The van der Waals surface area contributed by atoms with Crippen LogP contribution in [0.5, 0.6) is 0 Å². The van der Waals surface area contributed by atoms with Gasteiger partial charge in [-0.15, -0.1) is 15.3 Å². The number of hydrazone groups is 1. The van der Waals surface area contributed by atoms with Crippen LogP contribution in [0.2, 0.25) is 0 Å². The highest BCUT2D eigenvalue weighted by Gasteiger charge is 2.37. The molecule has 4 N–H and O–H groups in total. The lowest BCUT2D eigenvalue weighted by Crippen LogP contribution is -2.40. The molecule has 0 bridgehead atoms. The van der Waals surface area contributed by atoms with Crippen molar-refractivity contribution in [2.24, 2.45) is 16.7 Å². The summed E-state index contributed by atoms with van der Waals surface area (Å²) >= 11 is 0. The van der Waals surface area contributed by atoms with Crippen molar-refractivity contribution in [3.05, 3.63) is 81.6 Å². The van der Waals surface area contributed by atoms with E-state index in [1.54, 1.807) is 6.07 Å². The predicted molar refractivity (Wildman–Crippen MR) is 168 cm³/mol. The molecule has 1 atom stereocenters. The van der Waals surface area contributed by atoms with Crippen LogP contribution < -0.4 is 11.6 Å². The number of aromatic nitrogens is 2. The number of rotatable bonds is 11. The molecule has 17 heteroatoms. The minimum Gasteiger partial charge on any atom is -0.425 e. The van der Waals surface area contributed by atoms with Gasteiger partial charge in [-0.25, -0.2) is 19.7 Å². The number of likely N-dealkylation sites (tertiary alicyclic amines) is 1. The lowest BCUT2D eigenvalue weighted by molar-refractivity contribution is -0.143. The molecule has 1 unspecified atom stereocenters. The van der Waals surface area contributed by atoms with Crippen LogP contribution in [0, 0.1) is 0 Å². The molecule has 1 aliphatic heterocycles.